The summed E-state index contributed by atoms with van der Waals surface area (Å²) in [4.78, 5) is 12.1. The van der Waals surface area contributed by atoms with Crippen LogP contribution < -0.4 is 11.1 Å². The Morgan fingerprint density at radius 1 is 1.29 bits per heavy atom. The van der Waals surface area contributed by atoms with Gasteiger partial charge in [-0.25, -0.2) is 4.39 Å². The van der Waals surface area contributed by atoms with Crippen molar-refractivity contribution in [1.82, 2.24) is 0 Å². The van der Waals surface area contributed by atoms with Crippen molar-refractivity contribution in [1.29, 1.82) is 0 Å². The first-order chi connectivity index (χ1) is 10.0. The molecule has 0 aliphatic heterocycles. The van der Waals surface area contributed by atoms with E-state index in [1.165, 1.54) is 18.2 Å². The molecule has 5 nitrogen and oxygen atoms in total. The number of nitrogens with zero attached hydrogens (tertiary/aromatic N) is 1. The number of hydrogen-bond donors (Lipinski definition) is 3. The van der Waals surface area contributed by atoms with Gasteiger partial charge in [0.15, 0.2) is 5.84 Å². The first-order valence-corrected chi connectivity index (χ1v) is 6.65. The number of halogens is 2. The second-order valence-corrected chi connectivity index (χ2v) is 5.06. The van der Waals surface area contributed by atoms with Crippen LogP contribution in [-0.4, -0.2) is 17.0 Å². The highest BCUT2D eigenvalue weighted by Crippen LogP contribution is 2.21. The van der Waals surface area contributed by atoms with E-state index in [-0.39, 0.29) is 11.4 Å². The zero-order chi connectivity index (χ0) is 15.4. The molecule has 7 heteroatoms. The number of benzene rings is 2. The molecule has 21 heavy (non-hydrogen) atoms. The van der Waals surface area contributed by atoms with Crippen molar-refractivity contribution in [3.63, 3.8) is 0 Å². The minimum absolute atomic E-state index is 0.147. The van der Waals surface area contributed by atoms with Crippen molar-refractivity contribution in [2.75, 3.05) is 5.32 Å². The average Bonchev–Trinajstić information content (AvgIpc) is 2.48. The van der Waals surface area contributed by atoms with Gasteiger partial charge < -0.3 is 16.3 Å². The maximum absolute atomic E-state index is 13.1. The van der Waals surface area contributed by atoms with Crippen molar-refractivity contribution in [3.05, 3.63) is 63.9 Å². The van der Waals surface area contributed by atoms with Gasteiger partial charge in [0.2, 0.25) is 0 Å². The first kappa shape index (κ1) is 15.0. The molecular formula is C14H11BrFN3O2. The van der Waals surface area contributed by atoms with Crippen LogP contribution >= 0.6 is 15.9 Å². The normalized spacial score (nSPS) is 11.2. The van der Waals surface area contributed by atoms with Gasteiger partial charge in [-0.05, 0) is 36.4 Å². The summed E-state index contributed by atoms with van der Waals surface area (Å²) >= 11 is 3.26. The third-order valence-corrected chi connectivity index (χ3v) is 3.19. The summed E-state index contributed by atoms with van der Waals surface area (Å²) < 4.78 is 13.8. The van der Waals surface area contributed by atoms with Gasteiger partial charge in [0.1, 0.15) is 5.82 Å². The van der Waals surface area contributed by atoms with Crippen molar-refractivity contribution in [2.24, 2.45) is 10.9 Å². The molecule has 0 aliphatic rings. The SMILES string of the molecule is N/C(=N/O)c1cc(Br)ccc1NC(=O)c1cccc(F)c1. The van der Waals surface area contributed by atoms with Crippen LogP contribution in [0.15, 0.2) is 52.1 Å². The zero-order valence-corrected chi connectivity index (χ0v) is 12.3. The van der Waals surface area contributed by atoms with E-state index in [4.69, 9.17) is 10.9 Å². The minimum atomic E-state index is -0.505. The van der Waals surface area contributed by atoms with E-state index in [0.29, 0.717) is 15.7 Å². The highest BCUT2D eigenvalue weighted by Gasteiger charge is 2.12. The Morgan fingerprint density at radius 3 is 2.71 bits per heavy atom. The lowest BCUT2D eigenvalue weighted by molar-refractivity contribution is 0.102. The first-order valence-electron chi connectivity index (χ1n) is 5.85. The fourth-order valence-electron chi connectivity index (χ4n) is 1.72. The third-order valence-electron chi connectivity index (χ3n) is 2.70. The number of carbonyl (C=O) groups excluding carboxylic acids is 1. The molecule has 0 unspecified atom stereocenters. The van der Waals surface area contributed by atoms with E-state index >= 15 is 0 Å². The fraction of sp³-hybridized carbons (Fsp3) is 0. The van der Waals surface area contributed by atoms with Crippen LogP contribution in [0.3, 0.4) is 0 Å². The zero-order valence-electron chi connectivity index (χ0n) is 10.7. The second kappa shape index (κ2) is 6.36. The molecule has 0 heterocycles. The third kappa shape index (κ3) is 3.57. The van der Waals surface area contributed by atoms with Crippen LogP contribution in [0.1, 0.15) is 15.9 Å². The van der Waals surface area contributed by atoms with Gasteiger partial charge in [0.05, 0.1) is 5.69 Å². The molecule has 0 aromatic heterocycles. The largest absolute Gasteiger partial charge is 0.409 e. The Balaban J connectivity index is 2.33. The molecule has 0 saturated carbocycles. The summed E-state index contributed by atoms with van der Waals surface area (Å²) in [6.07, 6.45) is 0. The summed E-state index contributed by atoms with van der Waals surface area (Å²) in [5.41, 5.74) is 6.43. The molecule has 4 N–H and O–H groups in total. The molecule has 1 amide bonds. The van der Waals surface area contributed by atoms with Crippen molar-refractivity contribution in [2.45, 2.75) is 0 Å². The number of anilines is 1. The van der Waals surface area contributed by atoms with Gasteiger partial charge in [-0.2, -0.15) is 0 Å². The lowest BCUT2D eigenvalue weighted by atomic mass is 10.1. The predicted octanol–water partition coefficient (Wildman–Crippen LogP) is 2.94. The highest BCUT2D eigenvalue weighted by molar-refractivity contribution is 9.10. The van der Waals surface area contributed by atoms with E-state index < -0.39 is 11.7 Å². The van der Waals surface area contributed by atoms with E-state index in [1.54, 1.807) is 18.2 Å². The van der Waals surface area contributed by atoms with Crippen LogP contribution in [0.2, 0.25) is 0 Å². The number of nitrogens with one attached hydrogen (secondary N) is 1. The van der Waals surface area contributed by atoms with Crippen LogP contribution in [0.25, 0.3) is 0 Å². The molecule has 0 fully saturated rings. The smallest absolute Gasteiger partial charge is 0.255 e. The van der Waals surface area contributed by atoms with E-state index in [0.717, 1.165) is 6.07 Å². The van der Waals surface area contributed by atoms with Crippen molar-refractivity contribution in [3.8, 4) is 0 Å². The Kier molecular flexibility index (Phi) is 4.54. The van der Waals surface area contributed by atoms with E-state index in [1.807, 2.05) is 0 Å². The molecule has 0 aliphatic carbocycles. The van der Waals surface area contributed by atoms with Gasteiger partial charge in [0.25, 0.3) is 5.91 Å². The molecule has 0 atom stereocenters. The lowest BCUT2D eigenvalue weighted by Gasteiger charge is -2.10. The predicted molar refractivity (Wildman–Crippen MR) is 81.0 cm³/mol. The van der Waals surface area contributed by atoms with Crippen molar-refractivity contribution < 1.29 is 14.4 Å². The minimum Gasteiger partial charge on any atom is -0.409 e. The molecule has 2 rings (SSSR count). The van der Waals surface area contributed by atoms with Crippen LogP contribution in [0.5, 0.6) is 0 Å². The number of amidine groups is 1. The lowest BCUT2D eigenvalue weighted by Crippen LogP contribution is -2.19. The van der Waals surface area contributed by atoms with Gasteiger partial charge in [-0.15, -0.1) is 0 Å². The molecule has 0 radical (unpaired) electrons. The van der Waals surface area contributed by atoms with E-state index in [9.17, 15) is 9.18 Å². The van der Waals surface area contributed by atoms with Gasteiger partial charge in [-0.3, -0.25) is 4.79 Å². The quantitative estimate of drug-likeness (QED) is 0.344. The number of amides is 1. The van der Waals surface area contributed by atoms with Crippen LogP contribution in [0.4, 0.5) is 10.1 Å². The summed E-state index contributed by atoms with van der Waals surface area (Å²) in [6.45, 7) is 0. The molecule has 2 aromatic carbocycles. The summed E-state index contributed by atoms with van der Waals surface area (Å²) in [5, 5.41) is 14.3. The Labute approximate surface area is 128 Å². The summed E-state index contributed by atoms with van der Waals surface area (Å²) in [6, 6.07) is 10.2. The monoisotopic (exact) mass is 351 g/mol. The fourth-order valence-corrected chi connectivity index (χ4v) is 2.08. The summed E-state index contributed by atoms with van der Waals surface area (Å²) in [7, 11) is 0. The molecule has 108 valence electrons. The van der Waals surface area contributed by atoms with Gasteiger partial charge >= 0.3 is 0 Å². The molecule has 0 saturated heterocycles. The Hall–Kier alpha value is -2.41. The maximum Gasteiger partial charge on any atom is 0.255 e. The average molecular weight is 352 g/mol. The Morgan fingerprint density at radius 2 is 2.05 bits per heavy atom. The highest BCUT2D eigenvalue weighted by atomic mass is 79.9. The molecule has 2 aromatic rings. The van der Waals surface area contributed by atoms with E-state index in [2.05, 4.69) is 26.4 Å². The molecule has 0 spiro atoms. The number of hydrogen-bond acceptors (Lipinski definition) is 3. The standard InChI is InChI=1S/C14H11BrFN3O2/c15-9-4-5-12(11(7-9)13(17)19-21)18-14(20)8-2-1-3-10(16)6-8/h1-7,21H,(H2,17,19)(H,18,20). The maximum atomic E-state index is 13.1. The molecular weight excluding hydrogens is 341 g/mol. The second-order valence-electron chi connectivity index (χ2n) is 4.14. The number of rotatable bonds is 3. The van der Waals surface area contributed by atoms with Crippen LogP contribution in [0, 0.1) is 5.82 Å². The van der Waals surface area contributed by atoms with Crippen molar-refractivity contribution >= 4 is 33.4 Å². The topological polar surface area (TPSA) is 87.7 Å². The molecule has 0 bridgehead atoms. The van der Waals surface area contributed by atoms with Crippen LogP contribution in [-0.2, 0) is 0 Å². The number of carbonyl (C=O) groups is 1. The van der Waals surface area contributed by atoms with Gasteiger partial charge in [0, 0.05) is 15.6 Å². The summed E-state index contributed by atoms with van der Waals surface area (Å²) in [5.74, 6) is -1.15. The number of oxime groups is 1. The van der Waals surface area contributed by atoms with Gasteiger partial charge in [-0.1, -0.05) is 27.2 Å². The Bertz CT molecular complexity index is 719. The number of nitrogens with two attached hydrogens (primary N) is 1.